The molecule has 0 bridgehead atoms. The molecule has 0 aromatic heterocycles. The van der Waals surface area contributed by atoms with Crippen molar-refractivity contribution < 1.29 is 4.74 Å². The highest BCUT2D eigenvalue weighted by atomic mass is 79.9. The van der Waals surface area contributed by atoms with Crippen LogP contribution in [0.5, 0.6) is 5.75 Å². The van der Waals surface area contributed by atoms with Gasteiger partial charge < -0.3 is 10.1 Å². The number of hydrogen-bond acceptors (Lipinski definition) is 2. The monoisotopic (exact) mass is 431 g/mol. The van der Waals surface area contributed by atoms with Crippen molar-refractivity contribution in [2.45, 2.75) is 45.9 Å². The lowest BCUT2D eigenvalue weighted by atomic mass is 10.0. The maximum atomic E-state index is 6.20. The molecule has 0 fully saturated rings. The zero-order chi connectivity index (χ0) is 16.9. The molecule has 5 heteroatoms. The van der Waals surface area contributed by atoms with Crippen molar-refractivity contribution in [3.8, 4) is 5.75 Å². The van der Waals surface area contributed by atoms with E-state index in [9.17, 15) is 0 Å². The molecule has 0 aliphatic rings. The average molecular weight is 433 g/mol. The van der Waals surface area contributed by atoms with Crippen molar-refractivity contribution in [2.24, 2.45) is 0 Å². The van der Waals surface area contributed by atoms with E-state index in [1.165, 1.54) is 0 Å². The number of benzene rings is 2. The Balaban J connectivity index is 0.00000288. The van der Waals surface area contributed by atoms with Crippen LogP contribution >= 0.6 is 39.9 Å². The fourth-order valence-electron chi connectivity index (χ4n) is 2.06. The van der Waals surface area contributed by atoms with Crippen LogP contribution < -0.4 is 10.1 Å². The molecule has 1 N–H and O–H groups in total. The van der Waals surface area contributed by atoms with Gasteiger partial charge in [0.2, 0.25) is 0 Å². The van der Waals surface area contributed by atoms with Gasteiger partial charge in [-0.2, -0.15) is 0 Å². The van der Waals surface area contributed by atoms with Gasteiger partial charge in [-0.1, -0.05) is 52.7 Å². The summed E-state index contributed by atoms with van der Waals surface area (Å²) < 4.78 is 7.06. The molecule has 2 aromatic rings. The fourth-order valence-corrected chi connectivity index (χ4v) is 2.66. The molecule has 24 heavy (non-hydrogen) atoms. The topological polar surface area (TPSA) is 21.3 Å². The number of rotatable bonds is 7. The largest absolute Gasteiger partial charge is 0.489 e. The first-order chi connectivity index (χ1) is 10.9. The first-order valence-corrected chi connectivity index (χ1v) is 8.98. The van der Waals surface area contributed by atoms with Gasteiger partial charge in [0.15, 0.2) is 0 Å². The Hall–Kier alpha value is -0.740. The summed E-state index contributed by atoms with van der Waals surface area (Å²) in [7, 11) is 0. The molecule has 2 rings (SSSR count). The maximum absolute atomic E-state index is 6.20. The molecule has 0 saturated heterocycles. The molecule has 2 aromatic carbocycles. The summed E-state index contributed by atoms with van der Waals surface area (Å²) in [6, 6.07) is 13.9. The zero-order valence-corrected chi connectivity index (χ0v) is 17.4. The number of nitrogens with one attached hydrogen (secondary N) is 1. The van der Waals surface area contributed by atoms with Crippen LogP contribution in [0, 0.1) is 0 Å². The molecule has 0 amide bonds. The first kappa shape index (κ1) is 21.3. The van der Waals surface area contributed by atoms with E-state index in [2.05, 4.69) is 48.1 Å². The minimum absolute atomic E-state index is 0. The molecule has 0 aliphatic carbocycles. The third-order valence-electron chi connectivity index (χ3n) is 4.00. The second kappa shape index (κ2) is 9.67. The lowest BCUT2D eigenvalue weighted by molar-refractivity contribution is 0.298. The fraction of sp³-hybridized carbons (Fsp3) is 0.368. The highest BCUT2D eigenvalue weighted by Crippen LogP contribution is 2.26. The van der Waals surface area contributed by atoms with Gasteiger partial charge in [-0.15, -0.1) is 12.4 Å². The normalized spacial score (nSPS) is 11.0. The Morgan fingerprint density at radius 2 is 1.83 bits per heavy atom. The summed E-state index contributed by atoms with van der Waals surface area (Å²) in [5.41, 5.74) is 2.22. The predicted octanol–water partition coefficient (Wildman–Crippen LogP) is 6.38. The van der Waals surface area contributed by atoms with Gasteiger partial charge in [-0.05, 0) is 44.5 Å². The summed E-state index contributed by atoms with van der Waals surface area (Å²) in [5, 5.41) is 4.31. The summed E-state index contributed by atoms with van der Waals surface area (Å²) in [6.45, 7) is 7.82. The van der Waals surface area contributed by atoms with Crippen molar-refractivity contribution in [2.75, 3.05) is 0 Å². The quantitative estimate of drug-likeness (QED) is 0.547. The van der Waals surface area contributed by atoms with Crippen LogP contribution in [0.25, 0.3) is 0 Å². The summed E-state index contributed by atoms with van der Waals surface area (Å²) in [4.78, 5) is 0. The third kappa shape index (κ3) is 6.29. The van der Waals surface area contributed by atoms with Crippen molar-refractivity contribution in [1.82, 2.24) is 5.32 Å². The standard InChI is InChI=1S/C19H23BrClNO.ClH/c1-4-19(2,3)22-12-15-11-16(20)9-10-18(15)23-13-14-7-5-6-8-17(14)21;/h5-11,22H,4,12-13H2,1-3H3;1H. The molecule has 0 spiro atoms. The second-order valence-electron chi connectivity index (χ2n) is 6.22. The van der Waals surface area contributed by atoms with Crippen LogP contribution in [-0.2, 0) is 13.2 Å². The highest BCUT2D eigenvalue weighted by molar-refractivity contribution is 9.10. The van der Waals surface area contributed by atoms with E-state index >= 15 is 0 Å². The average Bonchev–Trinajstić information content (AvgIpc) is 2.53. The van der Waals surface area contributed by atoms with Crippen LogP contribution in [0.15, 0.2) is 46.9 Å². The Kier molecular flexibility index (Phi) is 8.58. The highest BCUT2D eigenvalue weighted by Gasteiger charge is 2.15. The van der Waals surface area contributed by atoms with E-state index < -0.39 is 0 Å². The van der Waals surface area contributed by atoms with Gasteiger partial charge in [0.05, 0.1) is 0 Å². The number of halogens is 3. The molecule has 132 valence electrons. The number of hydrogen-bond donors (Lipinski definition) is 1. The smallest absolute Gasteiger partial charge is 0.124 e. The van der Waals surface area contributed by atoms with Crippen LogP contribution in [0.1, 0.15) is 38.3 Å². The van der Waals surface area contributed by atoms with Crippen LogP contribution in [0.3, 0.4) is 0 Å². The molecular weight excluding hydrogens is 409 g/mol. The Morgan fingerprint density at radius 1 is 1.12 bits per heavy atom. The van der Waals surface area contributed by atoms with Gasteiger partial charge in [0, 0.05) is 32.7 Å². The predicted molar refractivity (Wildman–Crippen MR) is 108 cm³/mol. The Morgan fingerprint density at radius 3 is 2.50 bits per heavy atom. The molecule has 0 aliphatic heterocycles. The van der Waals surface area contributed by atoms with Gasteiger partial charge in [-0.25, -0.2) is 0 Å². The first-order valence-electron chi connectivity index (χ1n) is 7.81. The van der Waals surface area contributed by atoms with Gasteiger partial charge >= 0.3 is 0 Å². The maximum Gasteiger partial charge on any atom is 0.124 e. The summed E-state index contributed by atoms with van der Waals surface area (Å²) in [6.07, 6.45) is 1.07. The molecule has 0 atom stereocenters. The Bertz CT molecular complexity index is 662. The van der Waals surface area contributed by atoms with E-state index in [-0.39, 0.29) is 17.9 Å². The van der Waals surface area contributed by atoms with E-state index in [0.717, 1.165) is 39.3 Å². The minimum Gasteiger partial charge on any atom is -0.489 e. The summed E-state index contributed by atoms with van der Waals surface area (Å²) in [5.74, 6) is 0.882. The van der Waals surface area contributed by atoms with Crippen molar-refractivity contribution in [3.05, 3.63) is 63.1 Å². The molecule has 0 heterocycles. The van der Waals surface area contributed by atoms with E-state index in [4.69, 9.17) is 16.3 Å². The van der Waals surface area contributed by atoms with Crippen molar-refractivity contribution >= 4 is 39.9 Å². The molecule has 0 radical (unpaired) electrons. The molecule has 0 saturated carbocycles. The van der Waals surface area contributed by atoms with E-state index in [0.29, 0.717) is 6.61 Å². The van der Waals surface area contributed by atoms with E-state index in [1.807, 2.05) is 36.4 Å². The SMILES string of the molecule is CCC(C)(C)NCc1cc(Br)ccc1OCc1ccccc1Cl.Cl. The van der Waals surface area contributed by atoms with Crippen LogP contribution in [-0.4, -0.2) is 5.54 Å². The van der Waals surface area contributed by atoms with Crippen molar-refractivity contribution in [3.63, 3.8) is 0 Å². The molecule has 0 unspecified atom stereocenters. The zero-order valence-electron chi connectivity index (χ0n) is 14.2. The van der Waals surface area contributed by atoms with Crippen LogP contribution in [0.4, 0.5) is 0 Å². The molecular formula is C19H24BrCl2NO. The van der Waals surface area contributed by atoms with Gasteiger partial charge in [-0.3, -0.25) is 0 Å². The van der Waals surface area contributed by atoms with E-state index in [1.54, 1.807) is 0 Å². The molecule has 2 nitrogen and oxygen atoms in total. The van der Waals surface area contributed by atoms with Crippen LogP contribution in [0.2, 0.25) is 5.02 Å². The van der Waals surface area contributed by atoms with Gasteiger partial charge in [0.1, 0.15) is 12.4 Å². The van der Waals surface area contributed by atoms with Crippen molar-refractivity contribution in [1.29, 1.82) is 0 Å². The second-order valence-corrected chi connectivity index (χ2v) is 7.55. The lowest BCUT2D eigenvalue weighted by Crippen LogP contribution is -2.37. The lowest BCUT2D eigenvalue weighted by Gasteiger charge is -2.25. The van der Waals surface area contributed by atoms with Gasteiger partial charge in [0.25, 0.3) is 0 Å². The summed E-state index contributed by atoms with van der Waals surface area (Å²) >= 11 is 9.73. The Labute approximate surface area is 164 Å². The third-order valence-corrected chi connectivity index (χ3v) is 4.87. The minimum atomic E-state index is 0. The number of ether oxygens (including phenoxy) is 1.